The first-order valence-electron chi connectivity index (χ1n) is 13.1. The Morgan fingerprint density at radius 1 is 1.00 bits per heavy atom. The van der Waals surface area contributed by atoms with Gasteiger partial charge in [-0.15, -0.1) is 0 Å². The Labute approximate surface area is 237 Å². The average molecular weight is 555 g/mol. The van der Waals surface area contributed by atoms with E-state index in [4.69, 9.17) is 14.2 Å². The Bertz CT molecular complexity index is 1590. The molecule has 0 amide bonds. The minimum atomic E-state index is -0.607. The van der Waals surface area contributed by atoms with Crippen molar-refractivity contribution < 1.29 is 24.1 Å². The fourth-order valence-electron chi connectivity index (χ4n) is 4.42. The number of rotatable bonds is 10. The van der Waals surface area contributed by atoms with Gasteiger partial charge in [0.15, 0.2) is 0 Å². The molecule has 40 heavy (non-hydrogen) atoms. The lowest BCUT2D eigenvalue weighted by atomic mass is 10.1. The molecule has 0 unspecified atom stereocenters. The fraction of sp³-hybridized carbons (Fsp3) is 0.188. The summed E-state index contributed by atoms with van der Waals surface area (Å²) in [5.74, 6) is 0.818. The number of aliphatic hydroxyl groups is 1. The zero-order chi connectivity index (χ0) is 27.9. The highest BCUT2D eigenvalue weighted by molar-refractivity contribution is 8.18. The molecule has 0 saturated heterocycles. The van der Waals surface area contributed by atoms with Gasteiger partial charge >= 0.3 is 5.97 Å². The first kappa shape index (κ1) is 27.1. The molecule has 0 bridgehead atoms. The van der Waals surface area contributed by atoms with Crippen LogP contribution < -0.4 is 9.47 Å². The summed E-state index contributed by atoms with van der Waals surface area (Å²) in [5.41, 5.74) is 2.71. The number of fused-ring (bicyclic) bond motifs is 1. The molecule has 3 aromatic carbocycles. The van der Waals surface area contributed by atoms with Crippen molar-refractivity contribution >= 4 is 45.4 Å². The molecular weight excluding hydrogens is 524 g/mol. The van der Waals surface area contributed by atoms with Gasteiger partial charge in [-0.25, -0.2) is 9.79 Å². The van der Waals surface area contributed by atoms with Gasteiger partial charge in [-0.2, -0.15) is 0 Å². The van der Waals surface area contributed by atoms with E-state index in [1.807, 2.05) is 48.5 Å². The number of hydrogen-bond acceptors (Lipinski definition) is 7. The van der Waals surface area contributed by atoms with Crippen molar-refractivity contribution in [1.82, 2.24) is 4.57 Å². The minimum Gasteiger partial charge on any atom is -0.506 e. The lowest BCUT2D eigenvalue weighted by Gasteiger charge is -2.07. The van der Waals surface area contributed by atoms with E-state index in [9.17, 15) is 9.90 Å². The van der Waals surface area contributed by atoms with Gasteiger partial charge in [-0.3, -0.25) is 0 Å². The summed E-state index contributed by atoms with van der Waals surface area (Å²) in [6, 6.07) is 25.1. The highest BCUT2D eigenvalue weighted by Gasteiger charge is 2.33. The number of ether oxygens (including phenoxy) is 3. The fourth-order valence-corrected chi connectivity index (χ4v) is 5.45. The molecule has 0 atom stereocenters. The van der Waals surface area contributed by atoms with Crippen LogP contribution in [0, 0.1) is 0 Å². The summed E-state index contributed by atoms with van der Waals surface area (Å²) in [4.78, 5) is 18.0. The SMILES string of the molecule is CCOC(=O)C1=C(O)/C(=C/c2cn(CCCOc3ccccc3)c3ccccc23)SC1=Nc1ccc(OC)cc1. The highest BCUT2D eigenvalue weighted by atomic mass is 32.2. The van der Waals surface area contributed by atoms with Crippen molar-refractivity contribution in [2.45, 2.75) is 19.9 Å². The summed E-state index contributed by atoms with van der Waals surface area (Å²) in [7, 11) is 1.60. The molecule has 5 rings (SSSR count). The van der Waals surface area contributed by atoms with Gasteiger partial charge in [0.05, 0.1) is 30.9 Å². The number of carbonyl (C=O) groups is 1. The smallest absolute Gasteiger partial charge is 0.344 e. The number of methoxy groups -OCH3 is 1. The molecule has 0 saturated carbocycles. The zero-order valence-electron chi connectivity index (χ0n) is 22.4. The summed E-state index contributed by atoms with van der Waals surface area (Å²) >= 11 is 1.24. The molecule has 0 spiro atoms. The number of aliphatic imine (C=N–C) groups is 1. The Balaban J connectivity index is 1.43. The maximum Gasteiger partial charge on any atom is 0.344 e. The molecule has 1 N–H and O–H groups in total. The summed E-state index contributed by atoms with van der Waals surface area (Å²) in [6.45, 7) is 3.29. The van der Waals surface area contributed by atoms with Gasteiger partial charge < -0.3 is 23.9 Å². The maximum absolute atomic E-state index is 12.8. The standard InChI is InChI=1S/C32H30N2O5S/c1-3-38-32(36)29-30(35)28(40-31(29)33-23-14-16-24(37-2)17-15-23)20-22-21-34(27-13-8-7-12-26(22)27)18-9-19-39-25-10-5-4-6-11-25/h4-8,10-17,20-21,35H,3,9,18-19H2,1-2H3/b28-20-,33-31?. The van der Waals surface area contributed by atoms with E-state index < -0.39 is 5.97 Å². The van der Waals surface area contributed by atoms with Crippen molar-refractivity contribution in [2.24, 2.45) is 4.99 Å². The third-order valence-electron chi connectivity index (χ3n) is 6.33. The number of nitrogens with zero attached hydrogens (tertiary/aromatic N) is 2. The summed E-state index contributed by atoms with van der Waals surface area (Å²) in [5, 5.41) is 12.6. The van der Waals surface area contributed by atoms with Crippen LogP contribution in [0.3, 0.4) is 0 Å². The van der Waals surface area contributed by atoms with Crippen molar-refractivity contribution in [3.05, 3.63) is 107 Å². The molecular formula is C32H30N2O5S. The van der Waals surface area contributed by atoms with Crippen LogP contribution in [0.4, 0.5) is 5.69 Å². The molecule has 8 heteroatoms. The number of para-hydroxylation sites is 2. The van der Waals surface area contributed by atoms with Gasteiger partial charge in [0, 0.05) is 29.2 Å². The Morgan fingerprint density at radius 2 is 1.75 bits per heavy atom. The lowest BCUT2D eigenvalue weighted by Crippen LogP contribution is -2.12. The number of aryl methyl sites for hydroxylation is 1. The molecule has 2 heterocycles. The number of aromatic nitrogens is 1. The van der Waals surface area contributed by atoms with E-state index in [1.165, 1.54) is 11.8 Å². The van der Waals surface area contributed by atoms with Crippen molar-refractivity contribution in [1.29, 1.82) is 0 Å². The molecule has 0 aliphatic carbocycles. The van der Waals surface area contributed by atoms with Crippen LogP contribution in [-0.2, 0) is 16.1 Å². The van der Waals surface area contributed by atoms with E-state index in [2.05, 4.69) is 27.9 Å². The van der Waals surface area contributed by atoms with Crippen molar-refractivity contribution in [2.75, 3.05) is 20.3 Å². The number of esters is 1. The quantitative estimate of drug-likeness (QED) is 0.163. The van der Waals surface area contributed by atoms with Gasteiger partial charge in [0.25, 0.3) is 0 Å². The summed E-state index contributed by atoms with van der Waals surface area (Å²) < 4.78 is 18.5. The second kappa shape index (κ2) is 12.6. The number of hydrogen-bond donors (Lipinski definition) is 1. The molecule has 204 valence electrons. The number of aliphatic hydroxyl groups excluding tert-OH is 1. The van der Waals surface area contributed by atoms with E-state index in [-0.39, 0.29) is 17.9 Å². The van der Waals surface area contributed by atoms with Gasteiger partial charge in [0.1, 0.15) is 27.9 Å². The van der Waals surface area contributed by atoms with E-state index >= 15 is 0 Å². The summed E-state index contributed by atoms with van der Waals surface area (Å²) in [6.07, 6.45) is 4.79. The van der Waals surface area contributed by atoms with Crippen molar-refractivity contribution in [3.8, 4) is 11.5 Å². The normalized spacial score (nSPS) is 15.2. The van der Waals surface area contributed by atoms with Crippen LogP contribution in [-0.4, -0.2) is 41.0 Å². The maximum atomic E-state index is 12.8. The molecule has 7 nitrogen and oxygen atoms in total. The molecule has 1 aromatic heterocycles. The largest absolute Gasteiger partial charge is 0.506 e. The molecule has 1 aliphatic rings. The van der Waals surface area contributed by atoms with Crippen LogP contribution >= 0.6 is 11.8 Å². The lowest BCUT2D eigenvalue weighted by molar-refractivity contribution is -0.138. The topological polar surface area (TPSA) is 82.3 Å². The van der Waals surface area contributed by atoms with E-state index in [1.54, 1.807) is 38.3 Å². The molecule has 4 aromatic rings. The van der Waals surface area contributed by atoms with Crippen molar-refractivity contribution in [3.63, 3.8) is 0 Å². The molecule has 0 radical (unpaired) electrons. The highest BCUT2D eigenvalue weighted by Crippen LogP contribution is 2.41. The van der Waals surface area contributed by atoms with Gasteiger partial charge in [-0.05, 0) is 61.9 Å². The number of carbonyl (C=O) groups excluding carboxylic acids is 1. The van der Waals surface area contributed by atoms with Gasteiger partial charge in [-0.1, -0.05) is 48.2 Å². The third kappa shape index (κ3) is 6.07. The first-order chi connectivity index (χ1) is 19.6. The first-order valence-corrected chi connectivity index (χ1v) is 13.9. The predicted octanol–water partition coefficient (Wildman–Crippen LogP) is 7.31. The van der Waals surface area contributed by atoms with Crippen LogP contribution in [0.15, 0.2) is 106 Å². The Kier molecular flexibility index (Phi) is 8.56. The van der Waals surface area contributed by atoms with Crippen LogP contribution in [0.2, 0.25) is 0 Å². The Hall–Kier alpha value is -4.43. The van der Waals surface area contributed by atoms with Crippen LogP contribution in [0.25, 0.3) is 17.0 Å². The predicted molar refractivity (Wildman–Crippen MR) is 160 cm³/mol. The Morgan fingerprint density at radius 3 is 2.50 bits per heavy atom. The van der Waals surface area contributed by atoms with Gasteiger partial charge in [0.2, 0.25) is 0 Å². The second-order valence-corrected chi connectivity index (χ2v) is 10.0. The molecule has 1 aliphatic heterocycles. The molecule has 0 fully saturated rings. The minimum absolute atomic E-state index is 0.0655. The average Bonchev–Trinajstić information content (AvgIpc) is 3.48. The monoisotopic (exact) mass is 554 g/mol. The number of thioether (sulfide) groups is 1. The second-order valence-electron chi connectivity index (χ2n) is 8.98. The number of benzene rings is 3. The zero-order valence-corrected chi connectivity index (χ0v) is 23.2. The third-order valence-corrected chi connectivity index (χ3v) is 7.35. The van der Waals surface area contributed by atoms with E-state index in [0.29, 0.717) is 28.0 Å². The van der Waals surface area contributed by atoms with Crippen LogP contribution in [0.5, 0.6) is 11.5 Å². The van der Waals surface area contributed by atoms with Crippen LogP contribution in [0.1, 0.15) is 18.9 Å². The van der Waals surface area contributed by atoms with E-state index in [0.717, 1.165) is 35.2 Å².